The van der Waals surface area contributed by atoms with Gasteiger partial charge < -0.3 is 0 Å². The standard InChI is InChI=1S/4C6H5Br.C2H4/c4*7-6-4-2-1-3-5-6;1-2/h4*1-5H;1-2H2. The van der Waals surface area contributed by atoms with Crippen LogP contribution in [0.25, 0.3) is 0 Å². The van der Waals surface area contributed by atoms with Gasteiger partial charge in [0.05, 0.1) is 0 Å². The van der Waals surface area contributed by atoms with Gasteiger partial charge in [0.15, 0.2) is 0 Å². The Balaban J connectivity index is 0.000000363. The summed E-state index contributed by atoms with van der Waals surface area (Å²) in [5, 5.41) is 0. The lowest BCUT2D eigenvalue weighted by Gasteiger charge is -1.80. The number of halogens is 4. The van der Waals surface area contributed by atoms with Crippen LogP contribution in [0.2, 0.25) is 0 Å². The Morgan fingerprint density at radius 1 is 0.300 bits per heavy atom. The van der Waals surface area contributed by atoms with E-state index in [-0.39, 0.29) is 0 Å². The van der Waals surface area contributed by atoms with Gasteiger partial charge in [0.1, 0.15) is 0 Å². The molecule has 0 bridgehead atoms. The Kier molecular flexibility index (Phi) is 19.8. The largest absolute Gasteiger partial charge is 0.106 e. The lowest BCUT2D eigenvalue weighted by molar-refractivity contribution is 1.66. The van der Waals surface area contributed by atoms with E-state index in [1.807, 2.05) is 121 Å². The summed E-state index contributed by atoms with van der Waals surface area (Å²) in [6.07, 6.45) is 0. The van der Waals surface area contributed by atoms with E-state index in [2.05, 4.69) is 76.9 Å². The molecule has 4 heteroatoms. The van der Waals surface area contributed by atoms with Crippen molar-refractivity contribution in [3.63, 3.8) is 0 Å². The van der Waals surface area contributed by atoms with Crippen molar-refractivity contribution in [1.29, 1.82) is 0 Å². The summed E-state index contributed by atoms with van der Waals surface area (Å²) in [5.74, 6) is 0. The summed E-state index contributed by atoms with van der Waals surface area (Å²) < 4.78 is 4.54. The molecule has 0 saturated carbocycles. The van der Waals surface area contributed by atoms with E-state index in [9.17, 15) is 0 Å². The molecule has 4 aromatic rings. The van der Waals surface area contributed by atoms with Crippen molar-refractivity contribution in [1.82, 2.24) is 0 Å². The lowest BCUT2D eigenvalue weighted by Crippen LogP contribution is -1.55. The number of rotatable bonds is 0. The molecule has 0 spiro atoms. The van der Waals surface area contributed by atoms with E-state index in [4.69, 9.17) is 0 Å². The second-order valence-corrected chi connectivity index (χ2v) is 8.84. The molecule has 4 rings (SSSR count). The third kappa shape index (κ3) is 18.6. The third-order valence-corrected chi connectivity index (χ3v) is 5.05. The first-order chi connectivity index (χ1) is 14.6. The molecule has 0 fully saturated rings. The molecular weight excluding hydrogens is 632 g/mol. The Labute approximate surface area is 214 Å². The first-order valence-electron chi connectivity index (χ1n) is 8.90. The fourth-order valence-corrected chi connectivity index (χ4v) is 2.88. The molecule has 0 atom stereocenters. The maximum atomic E-state index is 3.31. The molecule has 0 nitrogen and oxygen atoms in total. The summed E-state index contributed by atoms with van der Waals surface area (Å²) in [6, 6.07) is 39.9. The highest BCUT2D eigenvalue weighted by Crippen LogP contribution is 2.07. The van der Waals surface area contributed by atoms with Gasteiger partial charge in [-0.3, -0.25) is 0 Å². The molecule has 0 amide bonds. The van der Waals surface area contributed by atoms with E-state index < -0.39 is 0 Å². The topological polar surface area (TPSA) is 0 Å². The maximum absolute atomic E-state index is 3.31. The van der Waals surface area contributed by atoms with Gasteiger partial charge in [-0.1, -0.05) is 137 Å². The Hall–Kier alpha value is -1.46. The normalized spacial score (nSPS) is 8.27. The minimum atomic E-state index is 1.13. The molecule has 0 heterocycles. The van der Waals surface area contributed by atoms with E-state index in [0.29, 0.717) is 0 Å². The van der Waals surface area contributed by atoms with E-state index in [1.165, 1.54) is 0 Å². The van der Waals surface area contributed by atoms with Crippen LogP contribution in [0.4, 0.5) is 0 Å². The van der Waals surface area contributed by atoms with Crippen LogP contribution < -0.4 is 0 Å². The van der Waals surface area contributed by atoms with Crippen molar-refractivity contribution in [3.05, 3.63) is 152 Å². The van der Waals surface area contributed by atoms with E-state index in [1.54, 1.807) is 0 Å². The van der Waals surface area contributed by atoms with E-state index >= 15 is 0 Å². The van der Waals surface area contributed by atoms with Gasteiger partial charge in [-0.2, -0.15) is 0 Å². The molecule has 4 aromatic carbocycles. The van der Waals surface area contributed by atoms with Crippen LogP contribution in [0, 0.1) is 0 Å². The van der Waals surface area contributed by atoms with E-state index in [0.717, 1.165) is 17.9 Å². The highest BCUT2D eigenvalue weighted by molar-refractivity contribution is 9.11. The van der Waals surface area contributed by atoms with Crippen molar-refractivity contribution in [2.24, 2.45) is 0 Å². The molecule has 0 aliphatic heterocycles. The van der Waals surface area contributed by atoms with Gasteiger partial charge in [-0.15, -0.1) is 13.2 Å². The van der Waals surface area contributed by atoms with Gasteiger partial charge in [-0.25, -0.2) is 0 Å². The number of hydrogen-bond donors (Lipinski definition) is 0. The van der Waals surface area contributed by atoms with Crippen molar-refractivity contribution in [2.45, 2.75) is 0 Å². The monoisotopic (exact) mass is 652 g/mol. The highest BCUT2D eigenvalue weighted by Gasteiger charge is 1.76. The minimum Gasteiger partial charge on any atom is -0.106 e. The Morgan fingerprint density at radius 3 is 0.500 bits per heavy atom. The van der Waals surface area contributed by atoms with Gasteiger partial charge in [0, 0.05) is 17.9 Å². The summed E-state index contributed by atoms with van der Waals surface area (Å²) in [4.78, 5) is 0. The van der Waals surface area contributed by atoms with Crippen LogP contribution in [-0.2, 0) is 0 Å². The first kappa shape index (κ1) is 28.5. The summed E-state index contributed by atoms with van der Waals surface area (Å²) >= 11 is 13.2. The van der Waals surface area contributed by atoms with Crippen molar-refractivity contribution < 1.29 is 0 Å². The van der Waals surface area contributed by atoms with Crippen molar-refractivity contribution >= 4 is 63.7 Å². The third-order valence-electron chi connectivity index (χ3n) is 2.93. The summed E-state index contributed by atoms with van der Waals surface area (Å²) in [5.41, 5.74) is 0. The molecule has 0 radical (unpaired) electrons. The Morgan fingerprint density at radius 2 is 0.433 bits per heavy atom. The fraction of sp³-hybridized carbons (Fsp3) is 0. The van der Waals surface area contributed by atoms with Gasteiger partial charge in [-0.05, 0) is 48.5 Å². The second-order valence-electron chi connectivity index (χ2n) is 5.18. The van der Waals surface area contributed by atoms with Crippen molar-refractivity contribution in [2.75, 3.05) is 0 Å². The van der Waals surface area contributed by atoms with Crippen LogP contribution in [0.5, 0.6) is 0 Å². The average molecular weight is 656 g/mol. The number of hydrogen-bond acceptors (Lipinski definition) is 0. The average Bonchev–Trinajstić information content (AvgIpc) is 2.79. The molecular formula is C26H24Br4. The zero-order valence-corrected chi connectivity index (χ0v) is 22.8. The van der Waals surface area contributed by atoms with Crippen LogP contribution in [0.1, 0.15) is 0 Å². The van der Waals surface area contributed by atoms with Gasteiger partial charge in [0.25, 0.3) is 0 Å². The highest BCUT2D eigenvalue weighted by atomic mass is 79.9. The van der Waals surface area contributed by atoms with Crippen LogP contribution in [0.3, 0.4) is 0 Å². The maximum Gasteiger partial charge on any atom is 0.0175 e. The predicted octanol–water partition coefficient (Wildman–Crippen LogP) is 10.6. The number of benzene rings is 4. The van der Waals surface area contributed by atoms with Crippen LogP contribution in [-0.4, -0.2) is 0 Å². The molecule has 0 aliphatic rings. The van der Waals surface area contributed by atoms with Crippen molar-refractivity contribution in [3.8, 4) is 0 Å². The molecule has 156 valence electrons. The molecule has 30 heavy (non-hydrogen) atoms. The smallest absolute Gasteiger partial charge is 0.0175 e. The quantitative estimate of drug-likeness (QED) is 0.165. The molecule has 0 aromatic heterocycles. The summed E-state index contributed by atoms with van der Waals surface area (Å²) in [6.45, 7) is 6.00. The molecule has 0 unspecified atom stereocenters. The van der Waals surface area contributed by atoms with Gasteiger partial charge in [0.2, 0.25) is 0 Å². The summed E-state index contributed by atoms with van der Waals surface area (Å²) in [7, 11) is 0. The molecule has 0 aliphatic carbocycles. The zero-order valence-electron chi connectivity index (χ0n) is 16.5. The lowest BCUT2D eigenvalue weighted by atomic mass is 10.4. The fourth-order valence-electron chi connectivity index (χ4n) is 1.66. The zero-order chi connectivity index (χ0) is 22.5. The SMILES string of the molecule is Brc1ccccc1.Brc1ccccc1.Brc1ccccc1.Brc1ccccc1.C=C. The molecule has 0 saturated heterocycles. The Bertz CT molecular complexity index is 702. The van der Waals surface area contributed by atoms with Crippen LogP contribution in [0.15, 0.2) is 152 Å². The predicted molar refractivity (Wildman–Crippen MR) is 148 cm³/mol. The van der Waals surface area contributed by atoms with Crippen LogP contribution >= 0.6 is 63.7 Å². The van der Waals surface area contributed by atoms with Gasteiger partial charge >= 0.3 is 0 Å². The first-order valence-corrected chi connectivity index (χ1v) is 12.1. The second kappa shape index (κ2) is 20.8. The molecule has 0 N–H and O–H groups in total. The minimum absolute atomic E-state index is 1.13.